The first kappa shape index (κ1) is 16.2. The second kappa shape index (κ2) is 7.04. The third-order valence-corrected chi connectivity index (χ3v) is 3.66. The Morgan fingerprint density at radius 2 is 2.10 bits per heavy atom. The molecular formula is C13H18N2O4S. The van der Waals surface area contributed by atoms with Crippen LogP contribution in [0.4, 0.5) is 0 Å². The number of rotatable bonds is 7. The van der Waals surface area contributed by atoms with Gasteiger partial charge in [-0.25, -0.2) is 4.79 Å². The van der Waals surface area contributed by atoms with Gasteiger partial charge in [-0.15, -0.1) is 11.3 Å². The smallest absolute Gasteiger partial charge is 0.329 e. The normalized spacial score (nSPS) is 13.3. The van der Waals surface area contributed by atoms with Crippen LogP contribution in [0.5, 0.6) is 0 Å². The van der Waals surface area contributed by atoms with Crippen LogP contribution in [0.15, 0.2) is 17.5 Å². The average Bonchev–Trinajstić information content (AvgIpc) is 2.89. The maximum atomic E-state index is 11.7. The molecule has 0 aliphatic heterocycles. The van der Waals surface area contributed by atoms with Crippen molar-refractivity contribution in [3.05, 3.63) is 22.4 Å². The molecule has 0 fully saturated rings. The number of nitrogens with one attached hydrogen (secondary N) is 2. The highest BCUT2D eigenvalue weighted by Crippen LogP contribution is 2.12. The summed E-state index contributed by atoms with van der Waals surface area (Å²) in [5.41, 5.74) is -1.31. The van der Waals surface area contributed by atoms with Crippen LogP contribution >= 0.6 is 11.3 Å². The van der Waals surface area contributed by atoms with Crippen LogP contribution in [0.1, 0.15) is 36.4 Å². The minimum absolute atomic E-state index is 0.247. The number of hydrogen-bond acceptors (Lipinski definition) is 4. The molecule has 20 heavy (non-hydrogen) atoms. The van der Waals surface area contributed by atoms with Crippen LogP contribution in [-0.4, -0.2) is 35.0 Å². The number of carboxylic acids is 1. The summed E-state index contributed by atoms with van der Waals surface area (Å²) in [7, 11) is 0. The fourth-order valence-electron chi connectivity index (χ4n) is 1.73. The molecule has 1 rings (SSSR count). The van der Waals surface area contributed by atoms with Crippen LogP contribution in [0.3, 0.4) is 0 Å². The van der Waals surface area contributed by atoms with Crippen molar-refractivity contribution in [1.29, 1.82) is 0 Å². The van der Waals surface area contributed by atoms with E-state index in [2.05, 4.69) is 10.6 Å². The van der Waals surface area contributed by atoms with E-state index in [0.29, 0.717) is 17.7 Å². The first-order valence-electron chi connectivity index (χ1n) is 6.25. The van der Waals surface area contributed by atoms with Crippen molar-refractivity contribution in [2.24, 2.45) is 0 Å². The molecule has 0 saturated heterocycles. The van der Waals surface area contributed by atoms with Crippen molar-refractivity contribution in [2.75, 3.05) is 6.54 Å². The number of amides is 2. The van der Waals surface area contributed by atoms with Crippen molar-refractivity contribution in [3.63, 3.8) is 0 Å². The Balaban J connectivity index is 2.50. The minimum Gasteiger partial charge on any atom is -0.480 e. The molecule has 2 amide bonds. The quantitative estimate of drug-likeness (QED) is 0.705. The predicted octanol–water partition coefficient (Wildman–Crippen LogP) is 1.24. The van der Waals surface area contributed by atoms with Gasteiger partial charge < -0.3 is 15.7 Å². The molecule has 0 radical (unpaired) electrons. The summed E-state index contributed by atoms with van der Waals surface area (Å²) in [6, 6.07) is 3.39. The molecule has 0 bridgehead atoms. The van der Waals surface area contributed by atoms with E-state index in [9.17, 15) is 14.4 Å². The van der Waals surface area contributed by atoms with E-state index >= 15 is 0 Å². The van der Waals surface area contributed by atoms with Crippen molar-refractivity contribution in [3.8, 4) is 0 Å². The first-order valence-corrected chi connectivity index (χ1v) is 7.13. The van der Waals surface area contributed by atoms with E-state index in [1.54, 1.807) is 17.5 Å². The highest BCUT2D eigenvalue weighted by Gasteiger charge is 2.33. The Morgan fingerprint density at radius 1 is 1.40 bits per heavy atom. The van der Waals surface area contributed by atoms with E-state index in [4.69, 9.17) is 5.11 Å². The standard InChI is InChI=1S/C13H18N2O4S/c1-3-6-13(2,12(18)19)15-10(16)8-14-11(17)9-5-4-7-20-9/h4-5,7H,3,6,8H2,1-2H3,(H,14,17)(H,15,16)(H,18,19). The van der Waals surface area contributed by atoms with Gasteiger partial charge >= 0.3 is 5.97 Å². The summed E-state index contributed by atoms with van der Waals surface area (Å²) in [6.07, 6.45) is 0.956. The lowest BCUT2D eigenvalue weighted by Gasteiger charge is -2.25. The summed E-state index contributed by atoms with van der Waals surface area (Å²) >= 11 is 1.27. The number of hydrogen-bond donors (Lipinski definition) is 3. The maximum Gasteiger partial charge on any atom is 0.329 e. The van der Waals surface area contributed by atoms with E-state index in [-0.39, 0.29) is 12.5 Å². The third kappa shape index (κ3) is 4.34. The Morgan fingerprint density at radius 3 is 2.60 bits per heavy atom. The van der Waals surface area contributed by atoms with Gasteiger partial charge in [0.15, 0.2) is 0 Å². The molecule has 6 nitrogen and oxygen atoms in total. The van der Waals surface area contributed by atoms with Crippen molar-refractivity contribution in [1.82, 2.24) is 10.6 Å². The lowest BCUT2D eigenvalue weighted by molar-refractivity contribution is -0.147. The summed E-state index contributed by atoms with van der Waals surface area (Å²) in [4.78, 5) is 35.0. The fourth-order valence-corrected chi connectivity index (χ4v) is 2.37. The molecule has 7 heteroatoms. The molecule has 0 spiro atoms. The molecule has 1 aromatic rings. The molecule has 0 aliphatic carbocycles. The zero-order valence-corrected chi connectivity index (χ0v) is 12.3. The summed E-state index contributed by atoms with van der Waals surface area (Å²) in [6.45, 7) is 3.05. The fraction of sp³-hybridized carbons (Fsp3) is 0.462. The second-order valence-electron chi connectivity index (χ2n) is 4.60. The number of carboxylic acid groups (broad SMARTS) is 1. The Hall–Kier alpha value is -1.89. The van der Waals surface area contributed by atoms with Gasteiger partial charge in [-0.2, -0.15) is 0 Å². The second-order valence-corrected chi connectivity index (χ2v) is 5.54. The van der Waals surface area contributed by atoms with E-state index in [0.717, 1.165) is 0 Å². The zero-order valence-electron chi connectivity index (χ0n) is 11.4. The highest BCUT2D eigenvalue weighted by atomic mass is 32.1. The minimum atomic E-state index is -1.31. The lowest BCUT2D eigenvalue weighted by Crippen LogP contribution is -2.54. The Kier molecular flexibility index (Phi) is 5.69. The van der Waals surface area contributed by atoms with Crippen LogP contribution in [0.2, 0.25) is 0 Å². The highest BCUT2D eigenvalue weighted by molar-refractivity contribution is 7.12. The zero-order chi connectivity index (χ0) is 15.2. The molecular weight excluding hydrogens is 280 g/mol. The van der Waals surface area contributed by atoms with Gasteiger partial charge in [-0.05, 0) is 24.8 Å². The van der Waals surface area contributed by atoms with Crippen LogP contribution in [-0.2, 0) is 9.59 Å². The summed E-state index contributed by atoms with van der Waals surface area (Å²) in [5, 5.41) is 15.8. The monoisotopic (exact) mass is 298 g/mol. The van der Waals surface area contributed by atoms with Crippen LogP contribution in [0, 0.1) is 0 Å². The molecule has 1 aromatic heterocycles. The average molecular weight is 298 g/mol. The first-order chi connectivity index (χ1) is 9.39. The predicted molar refractivity (Wildman–Crippen MR) is 75.7 cm³/mol. The maximum absolute atomic E-state index is 11.7. The van der Waals surface area contributed by atoms with Gasteiger partial charge in [0.1, 0.15) is 5.54 Å². The molecule has 3 N–H and O–H groups in total. The SMILES string of the molecule is CCCC(C)(NC(=O)CNC(=O)c1cccs1)C(=O)O. The molecule has 1 atom stereocenters. The van der Waals surface area contributed by atoms with E-state index < -0.39 is 17.4 Å². The van der Waals surface area contributed by atoms with Gasteiger partial charge in [0, 0.05) is 0 Å². The topological polar surface area (TPSA) is 95.5 Å². The molecule has 1 heterocycles. The van der Waals surface area contributed by atoms with E-state index in [1.807, 2.05) is 6.92 Å². The molecule has 0 aromatic carbocycles. The van der Waals surface area contributed by atoms with Crippen molar-refractivity contribution in [2.45, 2.75) is 32.2 Å². The number of thiophene rings is 1. The third-order valence-electron chi connectivity index (χ3n) is 2.79. The molecule has 0 aliphatic rings. The molecule has 0 saturated carbocycles. The number of carbonyl (C=O) groups is 3. The largest absolute Gasteiger partial charge is 0.480 e. The Bertz CT molecular complexity index is 487. The lowest BCUT2D eigenvalue weighted by atomic mass is 9.96. The number of carbonyl (C=O) groups excluding carboxylic acids is 2. The van der Waals surface area contributed by atoms with Gasteiger partial charge in [0.05, 0.1) is 11.4 Å². The van der Waals surface area contributed by atoms with Gasteiger partial charge in [-0.1, -0.05) is 19.4 Å². The molecule has 110 valence electrons. The van der Waals surface area contributed by atoms with Crippen LogP contribution in [0.25, 0.3) is 0 Å². The van der Waals surface area contributed by atoms with Gasteiger partial charge in [0.25, 0.3) is 5.91 Å². The molecule has 1 unspecified atom stereocenters. The number of aliphatic carboxylic acids is 1. The summed E-state index contributed by atoms with van der Waals surface area (Å²) < 4.78 is 0. The summed E-state index contributed by atoms with van der Waals surface area (Å²) in [5.74, 6) is -1.95. The van der Waals surface area contributed by atoms with Gasteiger partial charge in [0.2, 0.25) is 5.91 Å². The van der Waals surface area contributed by atoms with Crippen molar-refractivity contribution >= 4 is 29.1 Å². The van der Waals surface area contributed by atoms with Gasteiger partial charge in [-0.3, -0.25) is 9.59 Å². The van der Waals surface area contributed by atoms with E-state index in [1.165, 1.54) is 18.3 Å². The Labute approximate surface area is 121 Å². The van der Waals surface area contributed by atoms with Crippen molar-refractivity contribution < 1.29 is 19.5 Å². The van der Waals surface area contributed by atoms with Crippen LogP contribution < -0.4 is 10.6 Å².